The molecule has 0 aliphatic carbocycles. The predicted octanol–water partition coefficient (Wildman–Crippen LogP) is 4.16. The minimum absolute atomic E-state index is 0.0215. The number of carbonyl (C=O) groups excluding carboxylic acids is 1. The summed E-state index contributed by atoms with van der Waals surface area (Å²) in [6.45, 7) is 1.79. The van der Waals surface area contributed by atoms with Gasteiger partial charge in [0, 0.05) is 10.7 Å². The predicted molar refractivity (Wildman–Crippen MR) is 120 cm³/mol. The first kappa shape index (κ1) is 21.8. The highest BCUT2D eigenvalue weighted by Gasteiger charge is 2.18. The second-order valence-corrected chi connectivity index (χ2v) is 9.12. The number of nitrogens with zero attached hydrogens (tertiary/aromatic N) is 2. The van der Waals surface area contributed by atoms with Crippen molar-refractivity contribution in [1.82, 2.24) is 14.5 Å². The Hall–Kier alpha value is -3.40. The zero-order valence-electron chi connectivity index (χ0n) is 16.9. The zero-order valence-corrected chi connectivity index (χ0v) is 18.5. The van der Waals surface area contributed by atoms with Crippen LogP contribution < -0.4 is 10.0 Å². The Balaban J connectivity index is 1.51. The highest BCUT2D eigenvalue weighted by molar-refractivity contribution is 7.89. The Morgan fingerprint density at radius 1 is 1.12 bits per heavy atom. The number of amides is 1. The molecule has 8 nitrogen and oxygen atoms in total. The maximum absolute atomic E-state index is 12.8. The molecule has 0 unspecified atom stereocenters. The van der Waals surface area contributed by atoms with Crippen molar-refractivity contribution < 1.29 is 17.6 Å². The van der Waals surface area contributed by atoms with Crippen LogP contribution in [-0.2, 0) is 16.6 Å². The molecule has 32 heavy (non-hydrogen) atoms. The number of furan rings is 1. The molecule has 1 amide bonds. The summed E-state index contributed by atoms with van der Waals surface area (Å²) in [5.41, 5.74) is 2.04. The highest BCUT2D eigenvalue weighted by atomic mass is 35.5. The van der Waals surface area contributed by atoms with Gasteiger partial charge in [0.1, 0.15) is 5.76 Å². The lowest BCUT2D eigenvalue weighted by atomic mass is 10.2. The van der Waals surface area contributed by atoms with Crippen molar-refractivity contribution in [3.63, 3.8) is 0 Å². The maximum Gasteiger partial charge on any atom is 0.259 e. The Bertz CT molecular complexity index is 1360. The molecule has 0 aliphatic heterocycles. The van der Waals surface area contributed by atoms with Gasteiger partial charge in [0.15, 0.2) is 0 Å². The summed E-state index contributed by atoms with van der Waals surface area (Å²) in [7, 11) is -3.79. The normalized spacial score (nSPS) is 11.4. The van der Waals surface area contributed by atoms with Crippen LogP contribution in [0.2, 0.25) is 5.02 Å². The van der Waals surface area contributed by atoms with Gasteiger partial charge in [0.05, 0.1) is 40.8 Å². The number of aromatic nitrogens is 2. The monoisotopic (exact) mass is 470 g/mol. The molecule has 0 radical (unpaired) electrons. The molecule has 164 valence electrons. The van der Waals surface area contributed by atoms with Crippen LogP contribution in [0.15, 0.2) is 82.4 Å². The quantitative estimate of drug-likeness (QED) is 0.422. The minimum atomic E-state index is -3.79. The number of hydrogen-bond donors (Lipinski definition) is 2. The molecule has 0 aliphatic rings. The van der Waals surface area contributed by atoms with E-state index in [-0.39, 0.29) is 11.4 Å². The molecule has 4 rings (SSSR count). The SMILES string of the molecule is Cc1c(C(=O)Nc2cccc(S(=O)(=O)NCc3ccco3)c2)cnn1-c1cccc(Cl)c1. The number of anilines is 1. The molecule has 0 spiro atoms. The molecule has 0 saturated heterocycles. The Labute approximate surface area is 189 Å². The van der Waals surface area contributed by atoms with Crippen LogP contribution in [0, 0.1) is 6.92 Å². The van der Waals surface area contributed by atoms with Crippen molar-refractivity contribution in [2.75, 3.05) is 5.32 Å². The Morgan fingerprint density at radius 2 is 1.94 bits per heavy atom. The van der Waals surface area contributed by atoms with E-state index in [4.69, 9.17) is 16.0 Å². The highest BCUT2D eigenvalue weighted by Crippen LogP contribution is 2.20. The molecule has 10 heteroatoms. The second-order valence-electron chi connectivity index (χ2n) is 6.92. The van der Waals surface area contributed by atoms with Gasteiger partial charge in [-0.3, -0.25) is 4.79 Å². The fraction of sp³-hybridized carbons (Fsp3) is 0.0909. The summed E-state index contributed by atoms with van der Waals surface area (Å²) in [6.07, 6.45) is 2.92. The molecule has 2 aromatic heterocycles. The summed E-state index contributed by atoms with van der Waals surface area (Å²) in [6, 6.07) is 16.5. The smallest absolute Gasteiger partial charge is 0.259 e. The summed E-state index contributed by atoms with van der Waals surface area (Å²) in [4.78, 5) is 12.8. The molecule has 0 atom stereocenters. The van der Waals surface area contributed by atoms with Gasteiger partial charge in [-0.15, -0.1) is 0 Å². The van der Waals surface area contributed by atoms with E-state index in [1.54, 1.807) is 54.1 Å². The van der Waals surface area contributed by atoms with E-state index in [1.165, 1.54) is 24.6 Å². The summed E-state index contributed by atoms with van der Waals surface area (Å²) in [5, 5.41) is 7.56. The average Bonchev–Trinajstić information content (AvgIpc) is 3.42. The van der Waals surface area contributed by atoms with Crippen molar-refractivity contribution in [3.8, 4) is 5.69 Å². The molecule has 4 aromatic rings. The summed E-state index contributed by atoms with van der Waals surface area (Å²) in [5.74, 6) is 0.0825. The number of rotatable bonds is 7. The standard InChI is InChI=1S/C22H19ClN4O4S/c1-15-21(14-24-27(15)18-7-2-5-16(23)11-18)22(28)26-17-6-3-9-20(12-17)32(29,30)25-13-19-8-4-10-31-19/h2-12,14,25H,13H2,1H3,(H,26,28). The van der Waals surface area contributed by atoms with E-state index in [1.807, 2.05) is 6.07 Å². The van der Waals surface area contributed by atoms with E-state index >= 15 is 0 Å². The lowest BCUT2D eigenvalue weighted by molar-refractivity contribution is 0.102. The molecule has 2 N–H and O–H groups in total. The number of benzene rings is 2. The van der Waals surface area contributed by atoms with Gasteiger partial charge < -0.3 is 9.73 Å². The van der Waals surface area contributed by atoms with Crippen molar-refractivity contribution >= 4 is 33.2 Å². The van der Waals surface area contributed by atoms with Gasteiger partial charge in [-0.2, -0.15) is 5.10 Å². The number of carbonyl (C=O) groups is 1. The van der Waals surface area contributed by atoms with Crippen molar-refractivity contribution in [3.05, 3.63) is 95.2 Å². The van der Waals surface area contributed by atoms with Gasteiger partial charge in [-0.25, -0.2) is 17.8 Å². The van der Waals surface area contributed by atoms with Gasteiger partial charge in [0.2, 0.25) is 10.0 Å². The van der Waals surface area contributed by atoms with E-state index in [2.05, 4.69) is 15.1 Å². The zero-order chi connectivity index (χ0) is 22.7. The fourth-order valence-corrected chi connectivity index (χ4v) is 4.33. The van der Waals surface area contributed by atoms with Crippen LogP contribution in [0.5, 0.6) is 0 Å². The van der Waals surface area contributed by atoms with Crippen molar-refractivity contribution in [2.45, 2.75) is 18.4 Å². The second kappa shape index (κ2) is 8.99. The minimum Gasteiger partial charge on any atom is -0.468 e. The molecule has 2 heterocycles. The van der Waals surface area contributed by atoms with Crippen LogP contribution in [0.25, 0.3) is 5.69 Å². The summed E-state index contributed by atoms with van der Waals surface area (Å²) >= 11 is 6.05. The fourth-order valence-electron chi connectivity index (χ4n) is 3.10. The van der Waals surface area contributed by atoms with Crippen molar-refractivity contribution in [2.24, 2.45) is 0 Å². The maximum atomic E-state index is 12.8. The lowest BCUT2D eigenvalue weighted by Gasteiger charge is -2.09. The first-order valence-corrected chi connectivity index (χ1v) is 11.4. The molecular formula is C22H19ClN4O4S. The molecule has 0 saturated carbocycles. The Kier molecular flexibility index (Phi) is 6.13. The average molecular weight is 471 g/mol. The summed E-state index contributed by atoms with van der Waals surface area (Å²) < 4.78 is 34.4. The van der Waals surface area contributed by atoms with Gasteiger partial charge in [-0.05, 0) is 55.5 Å². The van der Waals surface area contributed by atoms with Crippen molar-refractivity contribution in [1.29, 1.82) is 0 Å². The largest absolute Gasteiger partial charge is 0.468 e. The van der Waals surface area contributed by atoms with Crippen LogP contribution in [-0.4, -0.2) is 24.1 Å². The number of hydrogen-bond acceptors (Lipinski definition) is 5. The van der Waals surface area contributed by atoms with E-state index in [0.29, 0.717) is 27.7 Å². The first-order valence-electron chi connectivity index (χ1n) is 9.57. The molecule has 0 fully saturated rings. The van der Waals surface area contributed by atoms with Crippen LogP contribution >= 0.6 is 11.6 Å². The van der Waals surface area contributed by atoms with Gasteiger partial charge >= 0.3 is 0 Å². The lowest BCUT2D eigenvalue weighted by Crippen LogP contribution is -2.23. The first-order chi connectivity index (χ1) is 15.3. The third-order valence-electron chi connectivity index (χ3n) is 4.73. The number of nitrogens with one attached hydrogen (secondary N) is 2. The molecule has 0 bridgehead atoms. The number of halogens is 1. The third kappa shape index (κ3) is 4.75. The van der Waals surface area contributed by atoms with E-state index < -0.39 is 15.9 Å². The number of sulfonamides is 1. The van der Waals surface area contributed by atoms with Crippen LogP contribution in [0.4, 0.5) is 5.69 Å². The molecule has 2 aromatic carbocycles. The van der Waals surface area contributed by atoms with Gasteiger partial charge in [-0.1, -0.05) is 23.7 Å². The topological polar surface area (TPSA) is 106 Å². The Morgan fingerprint density at radius 3 is 2.69 bits per heavy atom. The van der Waals surface area contributed by atoms with E-state index in [0.717, 1.165) is 5.69 Å². The molecular weight excluding hydrogens is 452 g/mol. The van der Waals surface area contributed by atoms with E-state index in [9.17, 15) is 13.2 Å². The van der Waals surface area contributed by atoms with Crippen LogP contribution in [0.1, 0.15) is 21.8 Å². The third-order valence-corrected chi connectivity index (χ3v) is 6.36. The van der Waals surface area contributed by atoms with Crippen LogP contribution in [0.3, 0.4) is 0 Å². The van der Waals surface area contributed by atoms with Gasteiger partial charge in [0.25, 0.3) is 5.91 Å².